The molecule has 0 atom stereocenters. The average molecular weight is 709 g/mol. The first kappa shape index (κ1) is 33.5. The molecule has 0 saturated carbocycles. The number of nitrogens with zero attached hydrogens (tertiary/aromatic N) is 2. The van der Waals surface area contributed by atoms with Gasteiger partial charge in [0.15, 0.2) is 0 Å². The lowest BCUT2D eigenvalue weighted by Crippen LogP contribution is -2.09. The maximum atomic E-state index is 2.32. The number of anilines is 6. The number of hydrogen-bond acceptors (Lipinski definition) is 4. The molecule has 8 rings (SSSR count). The van der Waals surface area contributed by atoms with Crippen molar-refractivity contribution in [3.8, 4) is 30.6 Å². The monoisotopic (exact) mass is 708 g/mol. The fourth-order valence-electron chi connectivity index (χ4n) is 6.47. The third-order valence-corrected chi connectivity index (χ3v) is 11.9. The van der Waals surface area contributed by atoms with Gasteiger partial charge >= 0.3 is 0 Å². The van der Waals surface area contributed by atoms with E-state index >= 15 is 0 Å². The van der Waals surface area contributed by atoms with Gasteiger partial charge in [0, 0.05) is 53.6 Å². The van der Waals surface area contributed by atoms with Crippen LogP contribution in [-0.2, 0) is 0 Å². The third-order valence-electron chi connectivity index (χ3n) is 9.44. The van der Waals surface area contributed by atoms with Crippen molar-refractivity contribution < 1.29 is 0 Å². The van der Waals surface area contributed by atoms with Gasteiger partial charge in [0.2, 0.25) is 0 Å². The van der Waals surface area contributed by atoms with Crippen LogP contribution in [0.3, 0.4) is 0 Å². The first-order valence-corrected chi connectivity index (χ1v) is 19.3. The van der Waals surface area contributed by atoms with Gasteiger partial charge in [-0.05, 0) is 136 Å². The van der Waals surface area contributed by atoms with E-state index in [0.29, 0.717) is 0 Å². The molecule has 0 spiro atoms. The van der Waals surface area contributed by atoms with Gasteiger partial charge in [-0.15, -0.1) is 22.7 Å². The highest BCUT2D eigenvalue weighted by Crippen LogP contribution is 2.43. The highest BCUT2D eigenvalue weighted by atomic mass is 32.1. The average Bonchev–Trinajstić information content (AvgIpc) is 3.87. The number of thiophene rings is 2. The fraction of sp³-hybridized carbons (Fsp3) is 0.0833. The lowest BCUT2D eigenvalue weighted by atomic mass is 10.1. The summed E-state index contributed by atoms with van der Waals surface area (Å²) in [4.78, 5) is 9.77. The van der Waals surface area contributed by atoms with Crippen molar-refractivity contribution in [2.24, 2.45) is 0 Å². The zero-order valence-corrected chi connectivity index (χ0v) is 31.5. The molecule has 254 valence electrons. The highest BCUT2D eigenvalue weighted by Gasteiger charge is 2.16. The predicted molar refractivity (Wildman–Crippen MR) is 227 cm³/mol. The van der Waals surface area contributed by atoms with E-state index in [-0.39, 0.29) is 0 Å². The second-order valence-corrected chi connectivity index (χ2v) is 15.6. The van der Waals surface area contributed by atoms with E-state index in [0.717, 1.165) is 34.1 Å². The zero-order valence-electron chi connectivity index (χ0n) is 29.9. The van der Waals surface area contributed by atoms with Crippen LogP contribution in [0.1, 0.15) is 22.3 Å². The lowest BCUT2D eigenvalue weighted by molar-refractivity contribution is 1.27. The molecule has 6 aromatic carbocycles. The van der Waals surface area contributed by atoms with Gasteiger partial charge in [-0.1, -0.05) is 95.1 Å². The molecule has 0 aliphatic rings. The van der Waals surface area contributed by atoms with Crippen LogP contribution in [0.15, 0.2) is 170 Å². The summed E-state index contributed by atoms with van der Waals surface area (Å²) in [5.41, 5.74) is 14.4. The largest absolute Gasteiger partial charge is 0.311 e. The van der Waals surface area contributed by atoms with E-state index in [9.17, 15) is 0 Å². The van der Waals surface area contributed by atoms with Gasteiger partial charge in [0.25, 0.3) is 0 Å². The smallest absolute Gasteiger partial charge is 0.0462 e. The van der Waals surface area contributed by atoms with Crippen molar-refractivity contribution in [2.75, 3.05) is 9.80 Å². The number of aryl methyl sites for hydroxylation is 4. The molecule has 2 heterocycles. The zero-order chi connectivity index (χ0) is 35.6. The van der Waals surface area contributed by atoms with Crippen molar-refractivity contribution >= 4 is 56.8 Å². The predicted octanol–water partition coefficient (Wildman–Crippen LogP) is 15.0. The molecule has 0 bridgehead atoms. The van der Waals surface area contributed by atoms with Crippen LogP contribution in [0.5, 0.6) is 0 Å². The van der Waals surface area contributed by atoms with E-state index in [1.165, 1.54) is 52.9 Å². The van der Waals surface area contributed by atoms with Gasteiger partial charge < -0.3 is 9.80 Å². The van der Waals surface area contributed by atoms with E-state index in [1.807, 2.05) is 22.7 Å². The van der Waals surface area contributed by atoms with Gasteiger partial charge in [-0.25, -0.2) is 0 Å². The Morgan fingerprint density at radius 1 is 0.250 bits per heavy atom. The van der Waals surface area contributed by atoms with Crippen LogP contribution in [0.4, 0.5) is 34.1 Å². The summed E-state index contributed by atoms with van der Waals surface area (Å²) >= 11 is 3.70. The molecule has 0 unspecified atom stereocenters. The van der Waals surface area contributed by atoms with Crippen molar-refractivity contribution in [1.29, 1.82) is 0 Å². The quantitative estimate of drug-likeness (QED) is 0.147. The van der Waals surface area contributed by atoms with Crippen molar-refractivity contribution in [1.82, 2.24) is 0 Å². The molecule has 4 heteroatoms. The van der Waals surface area contributed by atoms with Gasteiger partial charge in [0.1, 0.15) is 0 Å². The number of benzene rings is 6. The summed E-state index contributed by atoms with van der Waals surface area (Å²) in [7, 11) is 0. The maximum absolute atomic E-state index is 2.32. The Bertz CT molecular complexity index is 2130. The highest BCUT2D eigenvalue weighted by molar-refractivity contribution is 7.25. The summed E-state index contributed by atoms with van der Waals surface area (Å²) in [5.74, 6) is 0. The molecule has 0 aliphatic carbocycles. The first-order chi connectivity index (χ1) is 25.4. The SMILES string of the molecule is Cc1ccc(N(c2ccc(C)cc2)c2ccc(-c3ccc(-c4ccc(-c5ccc(N(c6ccc(C)cc6)c6ccc(C)cc6)cc5)s4)s3)cc2)cc1. The van der Waals surface area contributed by atoms with Crippen LogP contribution in [0.25, 0.3) is 30.6 Å². The summed E-state index contributed by atoms with van der Waals surface area (Å²) in [5, 5.41) is 0. The lowest BCUT2D eigenvalue weighted by Gasteiger charge is -2.26. The molecule has 0 radical (unpaired) electrons. The molecule has 0 fully saturated rings. The van der Waals surface area contributed by atoms with Crippen molar-refractivity contribution in [2.45, 2.75) is 27.7 Å². The summed E-state index contributed by atoms with van der Waals surface area (Å²) in [6.07, 6.45) is 0. The van der Waals surface area contributed by atoms with Gasteiger partial charge in [0.05, 0.1) is 0 Å². The second kappa shape index (κ2) is 14.5. The molecule has 2 aromatic heterocycles. The molecule has 0 N–H and O–H groups in total. The minimum atomic E-state index is 1.14. The second-order valence-electron chi connectivity index (χ2n) is 13.4. The Hall–Kier alpha value is -5.68. The van der Waals surface area contributed by atoms with Crippen molar-refractivity contribution in [3.63, 3.8) is 0 Å². The van der Waals surface area contributed by atoms with Crippen LogP contribution in [-0.4, -0.2) is 0 Å². The summed E-state index contributed by atoms with van der Waals surface area (Å²) < 4.78 is 0. The molecule has 8 aromatic rings. The minimum Gasteiger partial charge on any atom is -0.311 e. The molecule has 0 aliphatic heterocycles. The third kappa shape index (κ3) is 7.09. The molecule has 0 amide bonds. The van der Waals surface area contributed by atoms with Crippen LogP contribution in [0.2, 0.25) is 0 Å². The van der Waals surface area contributed by atoms with Crippen LogP contribution in [0, 0.1) is 27.7 Å². The fourth-order valence-corrected chi connectivity index (χ4v) is 8.58. The Balaban J connectivity index is 1.02. The molecular weight excluding hydrogens is 669 g/mol. The number of rotatable bonds is 9. The minimum absolute atomic E-state index is 1.14. The topological polar surface area (TPSA) is 6.48 Å². The first-order valence-electron chi connectivity index (χ1n) is 17.7. The van der Waals surface area contributed by atoms with E-state index in [1.54, 1.807) is 0 Å². The molecular formula is C48H40N2S2. The molecule has 0 saturated heterocycles. The van der Waals surface area contributed by atoms with E-state index in [2.05, 4.69) is 207 Å². The van der Waals surface area contributed by atoms with Crippen LogP contribution < -0.4 is 9.80 Å². The maximum Gasteiger partial charge on any atom is 0.0462 e. The molecule has 52 heavy (non-hydrogen) atoms. The van der Waals surface area contributed by atoms with E-state index in [4.69, 9.17) is 0 Å². The summed E-state index contributed by atoms with van der Waals surface area (Å²) in [6, 6.07) is 62.0. The Morgan fingerprint density at radius 3 is 0.712 bits per heavy atom. The van der Waals surface area contributed by atoms with Crippen LogP contribution >= 0.6 is 22.7 Å². The Labute approximate surface area is 315 Å². The van der Waals surface area contributed by atoms with E-state index < -0.39 is 0 Å². The van der Waals surface area contributed by atoms with Gasteiger partial charge in [-0.2, -0.15) is 0 Å². The summed E-state index contributed by atoms with van der Waals surface area (Å²) in [6.45, 7) is 8.52. The standard InChI is InChI=1S/C48H40N2S2/c1-33-5-17-39(18-6-33)49(40-19-7-34(2)8-20-40)43-25-13-37(14-26-43)45-29-31-47(51-45)48-32-30-46(52-48)38-15-27-44(28-16-38)50(41-21-9-35(3)10-22-41)42-23-11-36(4)12-24-42/h5-32H,1-4H3. The Kier molecular flexibility index (Phi) is 9.34. The normalized spacial score (nSPS) is 11.1. The Morgan fingerprint density at radius 2 is 0.462 bits per heavy atom. The van der Waals surface area contributed by atoms with Crippen molar-refractivity contribution in [3.05, 3.63) is 192 Å². The molecule has 2 nitrogen and oxygen atoms in total. The van der Waals surface area contributed by atoms with Gasteiger partial charge in [-0.3, -0.25) is 0 Å². The number of hydrogen-bond donors (Lipinski definition) is 0.